The Kier molecular flexibility index (Phi) is 6.75. The summed E-state index contributed by atoms with van der Waals surface area (Å²) in [7, 11) is -4.64. The second kappa shape index (κ2) is 4.55. The van der Waals surface area contributed by atoms with Gasteiger partial charge in [0, 0.05) is 13.0 Å². The zero-order chi connectivity index (χ0) is 6.50. The molecule has 46 valence electrons. The third-order valence-corrected chi connectivity index (χ3v) is 0. The minimum atomic E-state index is -4.64. The number of rotatable bonds is 0. The van der Waals surface area contributed by atoms with Gasteiger partial charge in [-0.2, -0.15) is 3.89 Å². The number of hydrogen-bond donors (Lipinski definition) is 4. The van der Waals surface area contributed by atoms with Gasteiger partial charge in [-0.15, -0.1) is 0 Å². The summed E-state index contributed by atoms with van der Waals surface area (Å²) in [5.74, 6) is 0. The lowest BCUT2D eigenvalue weighted by molar-refractivity contribution is 0.275. The average molecular weight is 150 g/mol. The monoisotopic (exact) mass is 150 g/mol. The molecule has 0 amide bonds. The van der Waals surface area contributed by atoms with E-state index in [9.17, 15) is 3.89 Å². The van der Waals surface area contributed by atoms with Crippen molar-refractivity contribution in [3.05, 3.63) is 0 Å². The Bertz CT molecular complexity index is 57.8. The molecule has 0 aliphatic heterocycles. The predicted octanol–water partition coefficient (Wildman–Crippen LogP) is -0.128. The number of hydrogen-bond acceptors (Lipinski definition) is 2. The van der Waals surface area contributed by atoms with Crippen LogP contribution in [-0.4, -0.2) is 14.7 Å². The van der Waals surface area contributed by atoms with Gasteiger partial charge in [-0.3, -0.25) is 0 Å². The molecule has 0 aliphatic carbocycles. The van der Waals surface area contributed by atoms with Crippen molar-refractivity contribution in [1.29, 1.82) is 0 Å². The van der Waals surface area contributed by atoms with Crippen LogP contribution in [0.2, 0.25) is 0 Å². The molecule has 7 heavy (non-hydrogen) atoms. The van der Waals surface area contributed by atoms with Crippen LogP contribution in [0.4, 0.5) is 3.89 Å². The topological polar surface area (TPSA) is 77.8 Å². The summed E-state index contributed by atoms with van der Waals surface area (Å²) in [4.78, 5) is 21.6. The lowest BCUT2D eigenvalue weighted by atomic mass is 15.8. The van der Waals surface area contributed by atoms with Gasteiger partial charge in [0.2, 0.25) is 0 Å². The summed E-state index contributed by atoms with van der Waals surface area (Å²) in [6, 6.07) is 0. The molecule has 0 bridgehead atoms. The second-order valence-corrected chi connectivity index (χ2v) is 1.54. The molecule has 0 unspecified atom stereocenters. The van der Waals surface area contributed by atoms with E-state index in [1.165, 1.54) is 0 Å². The summed E-state index contributed by atoms with van der Waals surface area (Å²) < 4.78 is 18.1. The zero-order valence-electron chi connectivity index (χ0n) is 3.02. The summed E-state index contributed by atoms with van der Waals surface area (Å²) in [5, 5.41) is 0. The van der Waals surface area contributed by atoms with E-state index < -0.39 is 7.82 Å². The summed E-state index contributed by atoms with van der Waals surface area (Å²) >= 11 is 2.03. The highest BCUT2D eigenvalue weighted by Gasteiger charge is 2.00. The Balaban J connectivity index is 0. The first kappa shape index (κ1) is 10.4. The maximum absolute atomic E-state index is 9.19. The minimum Gasteiger partial charge on any atom is -0.303 e. The largest absolute Gasteiger partial charge is 0.466 e. The van der Waals surface area contributed by atoms with Crippen molar-refractivity contribution in [2.24, 2.45) is 0 Å². The molecule has 0 saturated heterocycles. The maximum Gasteiger partial charge on any atom is 0.466 e. The Morgan fingerprint density at radius 2 is 1.29 bits per heavy atom. The molecule has 0 saturated carbocycles. The Morgan fingerprint density at radius 1 is 1.29 bits per heavy atom. The van der Waals surface area contributed by atoms with Gasteiger partial charge < -0.3 is 14.7 Å². The van der Waals surface area contributed by atoms with Crippen LogP contribution in [0.1, 0.15) is 0 Å². The van der Waals surface area contributed by atoms with Gasteiger partial charge >= 0.3 is 7.82 Å². The van der Waals surface area contributed by atoms with E-state index in [2.05, 4.69) is 0 Å². The van der Waals surface area contributed by atoms with Crippen molar-refractivity contribution in [3.8, 4) is 0 Å². The predicted molar refractivity (Wildman–Crippen MR) is 24.4 cm³/mol. The molecule has 0 fully saturated rings. The summed E-state index contributed by atoms with van der Waals surface area (Å²) in [5.41, 5.74) is 0. The molecule has 0 aromatic carbocycles. The minimum absolute atomic E-state index is 2.03. The van der Waals surface area contributed by atoms with Gasteiger partial charge in [0.05, 0.1) is 0 Å². The summed E-state index contributed by atoms with van der Waals surface area (Å²) in [6.07, 6.45) is 0. The van der Waals surface area contributed by atoms with Crippen molar-refractivity contribution >= 4 is 20.8 Å². The van der Waals surface area contributed by atoms with E-state index in [-0.39, 0.29) is 0 Å². The standard InChI is InChI=1S/FHS.H3O4P/c1-2;1-5(2,3)4/h2H;(H3,1,2,3,4). The first-order chi connectivity index (χ1) is 3.00. The van der Waals surface area contributed by atoms with Crippen molar-refractivity contribution < 1.29 is 23.1 Å². The van der Waals surface area contributed by atoms with Gasteiger partial charge in [0.1, 0.15) is 0 Å². The smallest absolute Gasteiger partial charge is 0.303 e. The van der Waals surface area contributed by atoms with Crippen LogP contribution in [-0.2, 0) is 4.57 Å². The van der Waals surface area contributed by atoms with E-state index >= 15 is 0 Å². The molecule has 7 heteroatoms. The van der Waals surface area contributed by atoms with Crippen molar-refractivity contribution in [2.45, 2.75) is 0 Å². The number of phosphoric acid groups is 1. The SMILES string of the molecule is FS.O=P(O)(O)O. The van der Waals surface area contributed by atoms with Gasteiger partial charge in [-0.05, 0) is 0 Å². The first-order valence-corrected chi connectivity index (χ1v) is 2.85. The highest BCUT2D eigenvalue weighted by atomic mass is 32.1. The van der Waals surface area contributed by atoms with Crippen LogP contribution in [0, 0.1) is 0 Å². The molecule has 0 aromatic rings. The normalized spacial score (nSPS) is 9.29. The molecule has 0 heterocycles. The molecule has 3 N–H and O–H groups in total. The van der Waals surface area contributed by atoms with E-state index in [1.54, 1.807) is 0 Å². The third-order valence-electron chi connectivity index (χ3n) is 0. The fraction of sp³-hybridized carbons (Fsp3) is 0. The van der Waals surface area contributed by atoms with E-state index in [4.69, 9.17) is 19.2 Å². The van der Waals surface area contributed by atoms with E-state index in [0.29, 0.717) is 0 Å². The molecule has 0 spiro atoms. The molecular formula is H4FO4PS. The van der Waals surface area contributed by atoms with Crippen LogP contribution in [0.25, 0.3) is 0 Å². The number of halogens is 1. The maximum atomic E-state index is 9.19. The molecule has 0 rings (SSSR count). The molecular weight excluding hydrogens is 146 g/mol. The summed E-state index contributed by atoms with van der Waals surface area (Å²) in [6.45, 7) is 0. The highest BCUT2D eigenvalue weighted by Crippen LogP contribution is 2.25. The lowest BCUT2D eigenvalue weighted by Gasteiger charge is -1.82. The third kappa shape index (κ3) is 810. The van der Waals surface area contributed by atoms with Gasteiger partial charge in [0.25, 0.3) is 0 Å². The Labute approximate surface area is 44.9 Å². The van der Waals surface area contributed by atoms with Crippen molar-refractivity contribution in [2.75, 3.05) is 0 Å². The van der Waals surface area contributed by atoms with Crippen molar-refractivity contribution in [3.63, 3.8) is 0 Å². The van der Waals surface area contributed by atoms with Crippen LogP contribution in [0.5, 0.6) is 0 Å². The number of thiol groups is 1. The quantitative estimate of drug-likeness (QED) is 0.286. The van der Waals surface area contributed by atoms with Crippen LogP contribution in [0.15, 0.2) is 0 Å². The highest BCUT2D eigenvalue weighted by molar-refractivity contribution is 7.74. The van der Waals surface area contributed by atoms with E-state index in [1.807, 2.05) is 13.0 Å². The average Bonchev–Trinajstić information content (AvgIpc) is 1.36. The molecule has 4 nitrogen and oxygen atoms in total. The van der Waals surface area contributed by atoms with Crippen LogP contribution >= 0.6 is 20.8 Å². The zero-order valence-corrected chi connectivity index (χ0v) is 4.81. The van der Waals surface area contributed by atoms with Crippen molar-refractivity contribution in [1.82, 2.24) is 0 Å². The van der Waals surface area contributed by atoms with Gasteiger partial charge in [0.15, 0.2) is 0 Å². The van der Waals surface area contributed by atoms with Gasteiger partial charge in [-0.1, -0.05) is 0 Å². The second-order valence-electron chi connectivity index (χ2n) is 0.513. The van der Waals surface area contributed by atoms with Gasteiger partial charge in [-0.25, -0.2) is 4.57 Å². The van der Waals surface area contributed by atoms with Crippen LogP contribution < -0.4 is 0 Å². The fourth-order valence-electron chi connectivity index (χ4n) is 0. The fourth-order valence-corrected chi connectivity index (χ4v) is 0. The Hall–Kier alpha value is 0.390. The molecule has 0 aromatic heterocycles. The molecule has 0 atom stereocenters. The molecule has 0 aliphatic rings. The Morgan fingerprint density at radius 3 is 1.29 bits per heavy atom. The first-order valence-electron chi connectivity index (χ1n) is 0.952. The molecule has 0 radical (unpaired) electrons. The van der Waals surface area contributed by atoms with E-state index in [0.717, 1.165) is 0 Å². The van der Waals surface area contributed by atoms with Crippen LogP contribution in [0.3, 0.4) is 0 Å². The lowest BCUT2D eigenvalue weighted by Crippen LogP contribution is -1.66.